The average molecular weight is 241 g/mol. The number of rotatable bonds is 4. The van der Waals surface area contributed by atoms with Crippen molar-refractivity contribution in [3.63, 3.8) is 0 Å². The van der Waals surface area contributed by atoms with E-state index in [0.717, 1.165) is 0 Å². The summed E-state index contributed by atoms with van der Waals surface area (Å²) < 4.78 is 21.5. The van der Waals surface area contributed by atoms with Crippen molar-refractivity contribution in [2.24, 2.45) is 5.92 Å². The Labute approximate surface area is 96.6 Å². The van der Waals surface area contributed by atoms with Crippen LogP contribution in [0.15, 0.2) is 29.2 Å². The van der Waals surface area contributed by atoms with Gasteiger partial charge in [0.05, 0.1) is 4.90 Å². The van der Waals surface area contributed by atoms with E-state index in [1.807, 2.05) is 13.8 Å². The van der Waals surface area contributed by atoms with Crippen LogP contribution in [0.1, 0.15) is 24.2 Å². The lowest BCUT2D eigenvalue weighted by molar-refractivity contribution is 0.0949. The summed E-state index contributed by atoms with van der Waals surface area (Å²) in [5.41, 5.74) is 0.373. The van der Waals surface area contributed by atoms with Crippen LogP contribution in [0.25, 0.3) is 0 Å². The van der Waals surface area contributed by atoms with Crippen molar-refractivity contribution in [2.45, 2.75) is 18.7 Å². The fourth-order valence-electron chi connectivity index (χ4n) is 1.16. The molecule has 0 aliphatic carbocycles. The third kappa shape index (κ3) is 3.66. The molecule has 0 heterocycles. The van der Waals surface area contributed by atoms with Crippen LogP contribution in [0.4, 0.5) is 0 Å². The quantitative estimate of drug-likeness (QED) is 0.774. The number of thiol groups is 1. The van der Waals surface area contributed by atoms with Crippen LogP contribution < -0.4 is 5.32 Å². The predicted octanol–water partition coefficient (Wildman–Crippen LogP) is 1.04. The summed E-state index contributed by atoms with van der Waals surface area (Å²) in [5, 5.41) is 2.73. The number of hydrogen-bond donors (Lipinski definition) is 2. The van der Waals surface area contributed by atoms with E-state index in [4.69, 9.17) is 0 Å². The van der Waals surface area contributed by atoms with Crippen molar-refractivity contribution < 1.29 is 13.2 Å². The predicted molar refractivity (Wildman–Crippen MR) is 62.2 cm³/mol. The highest BCUT2D eigenvalue weighted by molar-refractivity contribution is 7.72. The van der Waals surface area contributed by atoms with Gasteiger partial charge in [-0.15, -0.1) is 0 Å². The fraction of sp³-hybridized carbons (Fsp3) is 0.364. The highest BCUT2D eigenvalue weighted by atomic mass is 32.2. The fourth-order valence-corrected chi connectivity index (χ4v) is 1.61. The lowest BCUT2D eigenvalue weighted by atomic mass is 10.2. The lowest BCUT2D eigenvalue weighted by Crippen LogP contribution is -2.27. The molecule has 0 aliphatic heterocycles. The molecule has 0 aromatic heterocycles. The highest BCUT2D eigenvalue weighted by Gasteiger charge is 2.07. The summed E-state index contributed by atoms with van der Waals surface area (Å²) in [4.78, 5) is 11.8. The zero-order valence-electron chi connectivity index (χ0n) is 9.27. The van der Waals surface area contributed by atoms with Crippen LogP contribution in [0.2, 0.25) is 0 Å². The molecule has 1 amide bonds. The van der Waals surface area contributed by atoms with Crippen molar-refractivity contribution in [2.75, 3.05) is 6.54 Å². The van der Waals surface area contributed by atoms with Crippen LogP contribution in [0, 0.1) is 5.92 Å². The molecular weight excluding hydrogens is 226 g/mol. The van der Waals surface area contributed by atoms with Crippen molar-refractivity contribution in [3.8, 4) is 0 Å². The van der Waals surface area contributed by atoms with Crippen LogP contribution in [0.5, 0.6) is 0 Å². The van der Waals surface area contributed by atoms with Gasteiger partial charge in [-0.1, -0.05) is 19.9 Å². The van der Waals surface area contributed by atoms with Crippen LogP contribution in [0.3, 0.4) is 0 Å². The van der Waals surface area contributed by atoms with E-state index < -0.39 is 10.7 Å². The minimum Gasteiger partial charge on any atom is -0.352 e. The molecule has 0 spiro atoms. The van der Waals surface area contributed by atoms with Crippen molar-refractivity contribution in [3.05, 3.63) is 29.8 Å². The SMILES string of the molecule is CC(C)CNC(=O)c1cccc([SH](=O)=O)c1. The van der Waals surface area contributed by atoms with E-state index in [0.29, 0.717) is 18.0 Å². The van der Waals surface area contributed by atoms with E-state index >= 15 is 0 Å². The maximum Gasteiger partial charge on any atom is 0.251 e. The van der Waals surface area contributed by atoms with E-state index in [9.17, 15) is 13.2 Å². The van der Waals surface area contributed by atoms with E-state index in [2.05, 4.69) is 5.32 Å². The summed E-state index contributed by atoms with van der Waals surface area (Å²) >= 11 is 0. The maximum absolute atomic E-state index is 11.6. The molecule has 0 atom stereocenters. The maximum atomic E-state index is 11.6. The first kappa shape index (κ1) is 12.7. The summed E-state index contributed by atoms with van der Waals surface area (Å²) in [6.07, 6.45) is 0. The second-order valence-electron chi connectivity index (χ2n) is 3.91. The standard InChI is InChI=1S/C11H15NO3S/c1-8(2)7-12-11(13)9-4-3-5-10(6-9)16(14)15/h3-6,8,16H,7H2,1-2H3,(H,12,13). The molecule has 88 valence electrons. The molecule has 1 aromatic carbocycles. The molecule has 0 fully saturated rings. The van der Waals surface area contributed by atoms with Crippen molar-refractivity contribution in [1.29, 1.82) is 0 Å². The number of carbonyl (C=O) groups excluding carboxylic acids is 1. The van der Waals surface area contributed by atoms with Gasteiger partial charge >= 0.3 is 0 Å². The number of nitrogens with one attached hydrogen (secondary N) is 1. The van der Waals surface area contributed by atoms with Gasteiger partial charge in [0.25, 0.3) is 5.91 Å². The number of benzene rings is 1. The Hall–Kier alpha value is -1.36. The Morgan fingerprint density at radius 1 is 1.38 bits per heavy atom. The largest absolute Gasteiger partial charge is 0.352 e. The van der Waals surface area contributed by atoms with Crippen LogP contribution in [-0.4, -0.2) is 20.9 Å². The normalized spacial score (nSPS) is 10.8. The molecule has 0 unspecified atom stereocenters. The first-order valence-electron chi connectivity index (χ1n) is 5.03. The monoisotopic (exact) mass is 241 g/mol. The third-order valence-electron chi connectivity index (χ3n) is 1.99. The van der Waals surface area contributed by atoms with Gasteiger partial charge in [-0.25, -0.2) is 8.42 Å². The van der Waals surface area contributed by atoms with Gasteiger partial charge in [0.1, 0.15) is 0 Å². The summed E-state index contributed by atoms with van der Waals surface area (Å²) in [5.74, 6) is 0.121. The van der Waals surface area contributed by atoms with E-state index in [1.54, 1.807) is 12.1 Å². The second-order valence-corrected chi connectivity index (χ2v) is 4.94. The number of carbonyl (C=O) groups is 1. The highest BCUT2D eigenvalue weighted by Crippen LogP contribution is 2.06. The first-order chi connectivity index (χ1) is 7.50. The zero-order chi connectivity index (χ0) is 12.1. The molecule has 0 bridgehead atoms. The van der Waals surface area contributed by atoms with Crippen molar-refractivity contribution in [1.82, 2.24) is 5.32 Å². The van der Waals surface area contributed by atoms with Gasteiger partial charge in [0.15, 0.2) is 10.7 Å². The number of amides is 1. The summed E-state index contributed by atoms with van der Waals surface area (Å²) in [6, 6.07) is 6.00. The number of hydrogen-bond acceptors (Lipinski definition) is 3. The molecule has 16 heavy (non-hydrogen) atoms. The molecule has 5 heteroatoms. The van der Waals surface area contributed by atoms with Crippen molar-refractivity contribution >= 4 is 16.6 Å². The second kappa shape index (κ2) is 5.65. The Bertz CT molecular complexity index is 444. The molecule has 0 radical (unpaired) electrons. The smallest absolute Gasteiger partial charge is 0.251 e. The summed E-state index contributed by atoms with van der Waals surface area (Å²) in [7, 11) is -2.64. The van der Waals surface area contributed by atoms with Crippen LogP contribution in [-0.2, 0) is 10.7 Å². The molecular formula is C11H15NO3S. The topological polar surface area (TPSA) is 63.2 Å². The van der Waals surface area contributed by atoms with Gasteiger partial charge in [-0.3, -0.25) is 4.79 Å². The van der Waals surface area contributed by atoms with E-state index in [-0.39, 0.29) is 10.8 Å². The van der Waals surface area contributed by atoms with Gasteiger partial charge in [-0.05, 0) is 24.1 Å². The molecule has 0 saturated heterocycles. The van der Waals surface area contributed by atoms with Gasteiger partial charge in [0.2, 0.25) is 0 Å². The molecule has 0 saturated carbocycles. The van der Waals surface area contributed by atoms with Gasteiger partial charge in [-0.2, -0.15) is 0 Å². The molecule has 4 nitrogen and oxygen atoms in total. The zero-order valence-corrected chi connectivity index (χ0v) is 10.2. The molecule has 1 aromatic rings. The van der Waals surface area contributed by atoms with E-state index in [1.165, 1.54) is 12.1 Å². The minimum atomic E-state index is -2.64. The molecule has 1 rings (SSSR count). The Balaban J connectivity index is 2.80. The van der Waals surface area contributed by atoms with Gasteiger partial charge in [0, 0.05) is 12.1 Å². The lowest BCUT2D eigenvalue weighted by Gasteiger charge is -2.07. The Morgan fingerprint density at radius 3 is 2.62 bits per heavy atom. The first-order valence-corrected chi connectivity index (χ1v) is 6.21. The third-order valence-corrected chi connectivity index (χ3v) is 2.69. The van der Waals surface area contributed by atoms with Crippen LogP contribution >= 0.6 is 0 Å². The Morgan fingerprint density at radius 2 is 2.06 bits per heavy atom. The molecule has 0 aliphatic rings. The summed E-state index contributed by atoms with van der Waals surface area (Å²) in [6.45, 7) is 4.56. The van der Waals surface area contributed by atoms with Gasteiger partial charge < -0.3 is 5.32 Å². The minimum absolute atomic E-state index is 0.159. The molecule has 1 N–H and O–H groups in total. The Kier molecular flexibility index (Phi) is 4.49. The average Bonchev–Trinajstić information content (AvgIpc) is 2.26.